The van der Waals surface area contributed by atoms with E-state index >= 15 is 0 Å². The van der Waals surface area contributed by atoms with Crippen LogP contribution in [0.2, 0.25) is 0 Å². The molecule has 0 N–H and O–H groups in total. The van der Waals surface area contributed by atoms with Gasteiger partial charge in [0.2, 0.25) is 0 Å². The molecule has 208 valence electrons. The molecule has 0 saturated heterocycles. The number of allylic oxidation sites excluding steroid dienone is 7. The van der Waals surface area contributed by atoms with Gasteiger partial charge in [0.05, 0.1) is 11.4 Å². The average molecular weight is 510 g/mol. The van der Waals surface area contributed by atoms with Gasteiger partial charge in [-0.25, -0.2) is 0 Å². The van der Waals surface area contributed by atoms with Crippen LogP contribution < -0.4 is 0 Å². The number of ketones is 1. The third kappa shape index (κ3) is 13.6. The molecule has 0 amide bonds. The zero-order chi connectivity index (χ0) is 28.5. The molecule has 0 aromatic rings. The second kappa shape index (κ2) is 18.7. The van der Waals surface area contributed by atoms with Crippen LogP contribution >= 0.6 is 0 Å². The number of hydrogen-bond donors (Lipinski definition) is 0. The van der Waals surface area contributed by atoms with E-state index in [1.165, 1.54) is 18.5 Å². The Morgan fingerprint density at radius 3 is 2.11 bits per heavy atom. The highest BCUT2D eigenvalue weighted by molar-refractivity contribution is 6.14. The predicted octanol–water partition coefficient (Wildman–Crippen LogP) is 8.78. The molecule has 0 rings (SSSR count). The molecule has 0 aromatic heterocycles. The van der Waals surface area contributed by atoms with Crippen LogP contribution in [0.5, 0.6) is 0 Å². The SMILES string of the molecule is C=C(CC)/C(C)=C/C(=N\C)C(=C/C(C)=O)/N=C(\C=C/C(=C\C)N(CCC(C)CC)CC(C)C)C(C)CC. The first-order valence-electron chi connectivity index (χ1n) is 14.2. The zero-order valence-electron chi connectivity index (χ0n) is 25.8. The van der Waals surface area contributed by atoms with Gasteiger partial charge >= 0.3 is 0 Å². The number of carbonyl (C=O) groups excluding carboxylic acids is 1. The van der Waals surface area contributed by atoms with E-state index in [2.05, 4.69) is 90.1 Å². The fraction of sp³-hybridized carbons (Fsp3) is 0.606. The maximum atomic E-state index is 12.2. The van der Waals surface area contributed by atoms with Gasteiger partial charge in [-0.05, 0) is 81.6 Å². The van der Waals surface area contributed by atoms with Crippen LogP contribution in [-0.2, 0) is 4.79 Å². The molecule has 0 aliphatic carbocycles. The van der Waals surface area contributed by atoms with Gasteiger partial charge in [-0.15, -0.1) is 0 Å². The van der Waals surface area contributed by atoms with Crippen LogP contribution in [-0.4, -0.2) is 42.2 Å². The summed E-state index contributed by atoms with van der Waals surface area (Å²) in [5, 5.41) is 0. The number of rotatable bonds is 17. The fourth-order valence-electron chi connectivity index (χ4n) is 3.76. The summed E-state index contributed by atoms with van der Waals surface area (Å²) < 4.78 is 0. The smallest absolute Gasteiger partial charge is 0.154 e. The van der Waals surface area contributed by atoms with Crippen LogP contribution in [0.3, 0.4) is 0 Å². The maximum absolute atomic E-state index is 12.2. The molecular formula is C33H55N3O. The van der Waals surface area contributed by atoms with Crippen molar-refractivity contribution in [3.05, 3.63) is 59.5 Å². The van der Waals surface area contributed by atoms with Crippen LogP contribution in [0.1, 0.15) is 94.9 Å². The van der Waals surface area contributed by atoms with Crippen LogP contribution in [0, 0.1) is 17.8 Å². The van der Waals surface area contributed by atoms with Gasteiger partial charge in [0, 0.05) is 37.6 Å². The minimum atomic E-state index is -0.0463. The molecule has 0 spiro atoms. The predicted molar refractivity (Wildman–Crippen MR) is 166 cm³/mol. The van der Waals surface area contributed by atoms with Gasteiger partial charge in [-0.2, -0.15) is 0 Å². The average Bonchev–Trinajstić information content (AvgIpc) is 2.86. The number of hydrogen-bond acceptors (Lipinski definition) is 4. The van der Waals surface area contributed by atoms with Crippen LogP contribution in [0.4, 0.5) is 0 Å². The van der Waals surface area contributed by atoms with Gasteiger partial charge in [-0.1, -0.05) is 73.1 Å². The van der Waals surface area contributed by atoms with E-state index in [-0.39, 0.29) is 11.7 Å². The second-order valence-corrected chi connectivity index (χ2v) is 10.6. The topological polar surface area (TPSA) is 45.0 Å². The Balaban J connectivity index is 6.50. The van der Waals surface area contributed by atoms with E-state index in [0.717, 1.165) is 42.8 Å². The lowest BCUT2D eigenvalue weighted by molar-refractivity contribution is -0.112. The Kier molecular flexibility index (Phi) is 17.4. The van der Waals surface area contributed by atoms with E-state index in [0.29, 0.717) is 23.2 Å². The van der Waals surface area contributed by atoms with Crippen molar-refractivity contribution in [1.29, 1.82) is 0 Å². The molecule has 0 heterocycles. The lowest BCUT2D eigenvalue weighted by Crippen LogP contribution is -2.28. The number of carbonyl (C=O) groups is 1. The van der Waals surface area contributed by atoms with E-state index in [1.807, 2.05) is 13.0 Å². The Hall–Kier alpha value is -2.49. The summed E-state index contributed by atoms with van der Waals surface area (Å²) >= 11 is 0. The van der Waals surface area contributed by atoms with Crippen molar-refractivity contribution in [2.24, 2.45) is 27.7 Å². The molecule has 0 fully saturated rings. The highest BCUT2D eigenvalue weighted by Crippen LogP contribution is 2.18. The molecule has 37 heavy (non-hydrogen) atoms. The van der Waals surface area contributed by atoms with Crippen molar-refractivity contribution in [2.75, 3.05) is 20.1 Å². The summed E-state index contributed by atoms with van der Waals surface area (Å²) in [4.78, 5) is 24.2. The lowest BCUT2D eigenvalue weighted by Gasteiger charge is -2.29. The quantitative estimate of drug-likeness (QED) is 0.112. The summed E-state index contributed by atoms with van der Waals surface area (Å²) in [6, 6.07) is 0. The number of nitrogens with zero attached hydrogens (tertiary/aromatic N) is 3. The van der Waals surface area contributed by atoms with E-state index in [9.17, 15) is 4.79 Å². The summed E-state index contributed by atoms with van der Waals surface area (Å²) in [5.41, 5.74) is 5.55. The molecule has 0 saturated carbocycles. The van der Waals surface area contributed by atoms with Crippen molar-refractivity contribution in [3.63, 3.8) is 0 Å². The molecule has 0 radical (unpaired) electrons. The van der Waals surface area contributed by atoms with E-state index in [1.54, 1.807) is 20.0 Å². The van der Waals surface area contributed by atoms with Gasteiger partial charge in [0.25, 0.3) is 0 Å². The van der Waals surface area contributed by atoms with Crippen molar-refractivity contribution < 1.29 is 4.79 Å². The van der Waals surface area contributed by atoms with Gasteiger partial charge in [0.15, 0.2) is 5.78 Å². The third-order valence-electron chi connectivity index (χ3n) is 6.81. The molecule has 4 nitrogen and oxygen atoms in total. The van der Waals surface area contributed by atoms with E-state index < -0.39 is 0 Å². The fourth-order valence-corrected chi connectivity index (χ4v) is 3.76. The summed E-state index contributed by atoms with van der Waals surface area (Å²) in [5.74, 6) is 1.47. The highest BCUT2D eigenvalue weighted by Gasteiger charge is 2.14. The summed E-state index contributed by atoms with van der Waals surface area (Å²) in [6.45, 7) is 27.5. The molecule has 4 heteroatoms. The normalized spacial score (nSPS) is 15.9. The second-order valence-electron chi connectivity index (χ2n) is 10.6. The van der Waals surface area contributed by atoms with Crippen molar-refractivity contribution in [2.45, 2.75) is 94.9 Å². The van der Waals surface area contributed by atoms with Crippen molar-refractivity contribution in [3.8, 4) is 0 Å². The first-order chi connectivity index (χ1) is 17.4. The van der Waals surface area contributed by atoms with Crippen LogP contribution in [0.15, 0.2) is 69.5 Å². The first kappa shape index (κ1) is 34.5. The Morgan fingerprint density at radius 2 is 1.65 bits per heavy atom. The van der Waals surface area contributed by atoms with Gasteiger partial charge < -0.3 is 4.90 Å². The number of aliphatic imine (C=N–C) groups is 2. The Bertz CT molecular complexity index is 912. The molecule has 0 aromatic carbocycles. The molecule has 0 aliphatic heterocycles. The molecule has 2 atom stereocenters. The monoisotopic (exact) mass is 509 g/mol. The minimum Gasteiger partial charge on any atom is -0.372 e. The highest BCUT2D eigenvalue weighted by atomic mass is 16.1. The van der Waals surface area contributed by atoms with Crippen LogP contribution in [0.25, 0.3) is 0 Å². The Labute approximate surface area is 229 Å². The maximum Gasteiger partial charge on any atom is 0.154 e. The molecular weight excluding hydrogens is 454 g/mol. The standard InChI is InChI=1S/C33H55N3O/c1-13-25(7)19-20-36(23-24(5)6)30(16-4)17-18-31(27(9)15-3)35-33(22-29(11)37)32(34-12)21-28(10)26(8)14-2/h16-18,21-22,24-25,27H,8,13-15,19-20,23H2,1-7,9-12H3/b18-17-,28-21+,30-16+,33-22-,34-32+,35-31+. The first-order valence-corrected chi connectivity index (χ1v) is 14.2. The molecule has 0 bridgehead atoms. The molecule has 0 aliphatic rings. The van der Waals surface area contributed by atoms with Crippen molar-refractivity contribution in [1.82, 2.24) is 4.90 Å². The largest absolute Gasteiger partial charge is 0.372 e. The Morgan fingerprint density at radius 1 is 1.00 bits per heavy atom. The minimum absolute atomic E-state index is 0.0463. The van der Waals surface area contributed by atoms with Gasteiger partial charge in [-0.3, -0.25) is 14.8 Å². The van der Waals surface area contributed by atoms with Crippen molar-refractivity contribution >= 4 is 17.2 Å². The third-order valence-corrected chi connectivity index (χ3v) is 6.81. The lowest BCUT2D eigenvalue weighted by atomic mass is 10.0. The molecule has 2 unspecified atom stereocenters. The van der Waals surface area contributed by atoms with E-state index in [4.69, 9.17) is 4.99 Å². The summed E-state index contributed by atoms with van der Waals surface area (Å²) in [6.07, 6.45) is 14.3. The summed E-state index contributed by atoms with van der Waals surface area (Å²) in [7, 11) is 1.75. The van der Waals surface area contributed by atoms with Gasteiger partial charge in [0.1, 0.15) is 0 Å². The zero-order valence-corrected chi connectivity index (χ0v) is 25.8.